The van der Waals surface area contributed by atoms with Gasteiger partial charge in [-0.2, -0.15) is 4.57 Å². The molecule has 2 aliphatic rings. The number of fused-ring (bicyclic) bond motifs is 2. The molecule has 0 atom stereocenters. The van der Waals surface area contributed by atoms with Gasteiger partial charge in [-0.05, 0) is 92.5 Å². The molecule has 2 aromatic carbocycles. The predicted octanol–water partition coefficient (Wildman–Crippen LogP) is 8.43. The molecule has 0 fully saturated rings. The molecule has 1 aromatic heterocycles. The minimum Gasteiger partial charge on any atom is -0.335 e. The Balaban J connectivity index is 1.54. The lowest BCUT2D eigenvalue weighted by Gasteiger charge is -2.31. The summed E-state index contributed by atoms with van der Waals surface area (Å²) in [6.45, 7) is 15.7. The lowest BCUT2D eigenvalue weighted by atomic mass is 9.75. The second-order valence-electron chi connectivity index (χ2n) is 10.4. The van der Waals surface area contributed by atoms with E-state index >= 15 is 0 Å². The largest absolute Gasteiger partial charge is 0.335 e. The average molecular weight is 488 g/mol. The van der Waals surface area contributed by atoms with Crippen LogP contribution in [0.4, 0.5) is 5.69 Å². The average Bonchev–Trinajstić information content (AvgIpc) is 3.27. The minimum atomic E-state index is 0.251. The van der Waals surface area contributed by atoms with E-state index in [0.717, 1.165) is 25.9 Å². The Morgan fingerprint density at radius 2 is 1.76 bits per heavy atom. The van der Waals surface area contributed by atoms with E-state index in [2.05, 4.69) is 106 Å². The van der Waals surface area contributed by atoms with Gasteiger partial charge in [0.25, 0.3) is 5.01 Å². The van der Waals surface area contributed by atoms with E-state index in [1.807, 2.05) is 23.1 Å². The Morgan fingerprint density at radius 1 is 1.00 bits per heavy atom. The first-order chi connectivity index (χ1) is 16.3. The quantitative estimate of drug-likeness (QED) is 0.341. The number of rotatable bonds is 4. The summed E-state index contributed by atoms with van der Waals surface area (Å²) in [5, 5.41) is 2.71. The first kappa shape index (κ1) is 23.4. The smallest absolute Gasteiger partial charge is 0.263 e. The number of allylic oxidation sites excluding steroid dienone is 4. The van der Waals surface area contributed by atoms with Crippen molar-refractivity contribution in [3.05, 3.63) is 80.9 Å². The standard InChI is InChI=1S/C30H35N2S2/c1-7-31-24-11-9-20(3)13-26(24)33-28(31)16-22-15-23(19-30(5,6)18-22)17-29-32(8-2)25-12-10-21(4)14-27(25)34-29/h9-17H,7-8,18-19H2,1-6H3/q+1. The Labute approximate surface area is 212 Å². The molecule has 34 heavy (non-hydrogen) atoms. The third kappa shape index (κ3) is 4.50. The highest BCUT2D eigenvalue weighted by Crippen LogP contribution is 2.48. The highest BCUT2D eigenvalue weighted by atomic mass is 32.2. The molecule has 2 nitrogen and oxygen atoms in total. The van der Waals surface area contributed by atoms with Gasteiger partial charge < -0.3 is 4.90 Å². The van der Waals surface area contributed by atoms with Crippen molar-refractivity contribution in [3.63, 3.8) is 0 Å². The van der Waals surface area contributed by atoms with Crippen LogP contribution in [0.15, 0.2) is 69.6 Å². The Kier molecular flexibility index (Phi) is 6.24. The zero-order chi connectivity index (χ0) is 24.0. The Morgan fingerprint density at radius 3 is 2.53 bits per heavy atom. The molecule has 0 bridgehead atoms. The Hall–Kier alpha value is -2.30. The first-order valence-electron chi connectivity index (χ1n) is 12.4. The van der Waals surface area contributed by atoms with E-state index < -0.39 is 0 Å². The second kappa shape index (κ2) is 9.05. The molecule has 0 spiro atoms. The van der Waals surface area contributed by atoms with Gasteiger partial charge >= 0.3 is 0 Å². The van der Waals surface area contributed by atoms with Gasteiger partial charge in [-0.3, -0.25) is 0 Å². The summed E-state index contributed by atoms with van der Waals surface area (Å²) in [5.74, 6) is 0. The summed E-state index contributed by atoms with van der Waals surface area (Å²) in [6, 6.07) is 13.6. The molecule has 1 aliphatic carbocycles. The predicted molar refractivity (Wildman–Crippen MR) is 150 cm³/mol. The van der Waals surface area contributed by atoms with E-state index in [9.17, 15) is 0 Å². The molecule has 4 heteroatoms. The maximum absolute atomic E-state index is 2.46. The summed E-state index contributed by atoms with van der Waals surface area (Å²) in [4.78, 5) is 3.84. The van der Waals surface area contributed by atoms with Gasteiger partial charge in [-0.25, -0.2) is 0 Å². The van der Waals surface area contributed by atoms with Crippen molar-refractivity contribution >= 4 is 45.1 Å². The number of hydrogen-bond acceptors (Lipinski definition) is 3. The van der Waals surface area contributed by atoms with Crippen molar-refractivity contribution in [2.45, 2.75) is 65.8 Å². The molecule has 1 aliphatic heterocycles. The van der Waals surface area contributed by atoms with Crippen LogP contribution in [0.2, 0.25) is 0 Å². The lowest BCUT2D eigenvalue weighted by Crippen LogP contribution is -2.33. The van der Waals surface area contributed by atoms with E-state index in [-0.39, 0.29) is 5.41 Å². The molecule has 5 rings (SSSR count). The summed E-state index contributed by atoms with van der Waals surface area (Å²) >= 11 is 3.83. The lowest BCUT2D eigenvalue weighted by molar-refractivity contribution is -0.665. The van der Waals surface area contributed by atoms with Crippen LogP contribution in [-0.4, -0.2) is 6.54 Å². The van der Waals surface area contributed by atoms with Crippen molar-refractivity contribution in [1.29, 1.82) is 0 Å². The van der Waals surface area contributed by atoms with Gasteiger partial charge in [0.05, 0.1) is 10.7 Å². The van der Waals surface area contributed by atoms with Crippen molar-refractivity contribution in [3.8, 4) is 0 Å². The fraction of sp³-hybridized carbons (Fsp3) is 0.367. The maximum Gasteiger partial charge on any atom is 0.263 e. The summed E-state index contributed by atoms with van der Waals surface area (Å²) < 4.78 is 3.84. The van der Waals surface area contributed by atoms with Crippen molar-refractivity contribution in [2.24, 2.45) is 5.41 Å². The number of aryl methyl sites for hydroxylation is 3. The minimum absolute atomic E-state index is 0.251. The third-order valence-electron chi connectivity index (χ3n) is 6.76. The van der Waals surface area contributed by atoms with E-state index in [4.69, 9.17) is 0 Å². The number of aromatic nitrogens is 1. The van der Waals surface area contributed by atoms with Crippen LogP contribution >= 0.6 is 23.1 Å². The monoisotopic (exact) mass is 487 g/mol. The highest BCUT2D eigenvalue weighted by Gasteiger charge is 2.29. The van der Waals surface area contributed by atoms with Crippen LogP contribution in [0.5, 0.6) is 0 Å². The van der Waals surface area contributed by atoms with Gasteiger partial charge in [-0.15, -0.1) is 0 Å². The van der Waals surface area contributed by atoms with Gasteiger partial charge in [0.15, 0.2) is 0 Å². The molecular formula is C30H35N2S2+. The van der Waals surface area contributed by atoms with Crippen LogP contribution in [0.1, 0.15) is 56.7 Å². The highest BCUT2D eigenvalue weighted by molar-refractivity contribution is 8.03. The maximum atomic E-state index is 2.46. The third-order valence-corrected chi connectivity index (χ3v) is 8.95. The normalized spacial score (nSPS) is 19.8. The Bertz CT molecular complexity index is 1350. The van der Waals surface area contributed by atoms with Crippen LogP contribution in [-0.2, 0) is 6.54 Å². The van der Waals surface area contributed by atoms with Crippen LogP contribution < -0.4 is 9.47 Å². The first-order valence-corrected chi connectivity index (χ1v) is 14.0. The van der Waals surface area contributed by atoms with Crippen molar-refractivity contribution in [2.75, 3.05) is 11.4 Å². The molecule has 0 saturated carbocycles. The zero-order valence-corrected chi connectivity index (χ0v) is 22.9. The summed E-state index contributed by atoms with van der Waals surface area (Å²) in [6.07, 6.45) is 9.57. The zero-order valence-electron chi connectivity index (χ0n) is 21.2. The number of nitrogens with zero attached hydrogens (tertiary/aromatic N) is 2. The fourth-order valence-electron chi connectivity index (χ4n) is 5.30. The SMILES string of the molecule is CCN1/C(=C/C2=CC(=C/c3sc4cc(C)ccc4[n+]3CC)/CC(C)(C)C2)Sc2cc(C)ccc21. The molecule has 0 saturated heterocycles. The molecule has 0 radical (unpaired) electrons. The number of anilines is 1. The van der Waals surface area contributed by atoms with Gasteiger partial charge in [0.1, 0.15) is 11.2 Å². The molecular weight excluding hydrogens is 452 g/mol. The van der Waals surface area contributed by atoms with Gasteiger partial charge in [0.2, 0.25) is 5.52 Å². The number of benzene rings is 2. The van der Waals surface area contributed by atoms with Crippen LogP contribution in [0.3, 0.4) is 0 Å². The number of thiazole rings is 1. The summed E-state index contributed by atoms with van der Waals surface area (Å²) in [5.41, 5.74) is 8.48. The van der Waals surface area contributed by atoms with E-state index in [0.29, 0.717) is 0 Å². The van der Waals surface area contributed by atoms with Crippen molar-refractivity contribution in [1.82, 2.24) is 0 Å². The molecule has 2 heterocycles. The fourth-order valence-corrected chi connectivity index (χ4v) is 7.90. The second-order valence-corrected chi connectivity index (χ2v) is 12.5. The van der Waals surface area contributed by atoms with E-state index in [1.54, 1.807) is 0 Å². The van der Waals surface area contributed by atoms with Crippen LogP contribution in [0, 0.1) is 19.3 Å². The molecule has 0 amide bonds. The molecule has 176 valence electrons. The topological polar surface area (TPSA) is 7.12 Å². The summed E-state index contributed by atoms with van der Waals surface area (Å²) in [7, 11) is 0. The number of thioether (sulfide) groups is 1. The van der Waals surface area contributed by atoms with Gasteiger partial charge in [-0.1, -0.05) is 55.2 Å². The van der Waals surface area contributed by atoms with Crippen LogP contribution in [0.25, 0.3) is 16.3 Å². The molecule has 3 aromatic rings. The number of hydrogen-bond donors (Lipinski definition) is 0. The van der Waals surface area contributed by atoms with E-state index in [1.165, 1.54) is 53.1 Å². The van der Waals surface area contributed by atoms with Gasteiger partial charge in [0, 0.05) is 23.6 Å². The molecule has 0 unspecified atom stereocenters. The van der Waals surface area contributed by atoms with Crippen molar-refractivity contribution < 1.29 is 4.57 Å². The molecule has 0 N–H and O–H groups in total.